The van der Waals surface area contributed by atoms with Crippen LogP contribution in [0.2, 0.25) is 0 Å². The number of aromatic nitrogens is 1. The number of hydrogen-bond donors (Lipinski definition) is 1. The van der Waals surface area contributed by atoms with Crippen LogP contribution in [0.15, 0.2) is 17.3 Å². The van der Waals surface area contributed by atoms with Gasteiger partial charge in [-0.1, -0.05) is 11.8 Å². The van der Waals surface area contributed by atoms with E-state index in [1.54, 1.807) is 0 Å². The number of carbonyl (C=O) groups is 1. The fourth-order valence-electron chi connectivity index (χ4n) is 1.75. The van der Waals surface area contributed by atoms with Gasteiger partial charge in [0.25, 0.3) is 0 Å². The lowest BCUT2D eigenvalue weighted by Crippen LogP contribution is -2.09. The topological polar surface area (TPSA) is 103 Å². The summed E-state index contributed by atoms with van der Waals surface area (Å²) in [6.45, 7) is 0.721. The molecule has 0 aliphatic carbocycles. The number of nitro groups is 1. The molecule has 0 saturated carbocycles. The minimum Gasteiger partial charge on any atom is -0.478 e. The first-order valence-corrected chi connectivity index (χ1v) is 6.68. The van der Waals surface area contributed by atoms with E-state index in [-0.39, 0.29) is 22.4 Å². The quantitative estimate of drug-likeness (QED) is 0.500. The van der Waals surface area contributed by atoms with Crippen molar-refractivity contribution in [3.63, 3.8) is 0 Å². The van der Waals surface area contributed by atoms with Crippen molar-refractivity contribution in [2.75, 3.05) is 12.4 Å². The van der Waals surface area contributed by atoms with Crippen molar-refractivity contribution in [2.45, 2.75) is 24.0 Å². The monoisotopic (exact) mass is 284 g/mol. The van der Waals surface area contributed by atoms with Crippen LogP contribution in [0.1, 0.15) is 23.2 Å². The van der Waals surface area contributed by atoms with Crippen molar-refractivity contribution < 1.29 is 19.6 Å². The number of nitrogens with zero attached hydrogens (tertiary/aromatic N) is 2. The first-order chi connectivity index (χ1) is 9.08. The molecular formula is C11H12N2O5S. The Bertz CT molecular complexity index is 502. The molecule has 0 bridgehead atoms. The number of hydrogen-bond acceptors (Lipinski definition) is 6. The second kappa shape index (κ2) is 5.98. The molecule has 0 spiro atoms. The van der Waals surface area contributed by atoms with Crippen LogP contribution in [0.5, 0.6) is 0 Å². The molecule has 0 radical (unpaired) electrons. The Morgan fingerprint density at radius 3 is 3.05 bits per heavy atom. The van der Waals surface area contributed by atoms with Crippen LogP contribution >= 0.6 is 11.8 Å². The van der Waals surface area contributed by atoms with Gasteiger partial charge in [0, 0.05) is 24.6 Å². The van der Waals surface area contributed by atoms with Crippen molar-refractivity contribution in [1.82, 2.24) is 4.98 Å². The highest BCUT2D eigenvalue weighted by molar-refractivity contribution is 7.99. The summed E-state index contributed by atoms with van der Waals surface area (Å²) in [6.07, 6.45) is 3.16. The maximum absolute atomic E-state index is 10.9. The number of aromatic carboxylic acids is 1. The van der Waals surface area contributed by atoms with Gasteiger partial charge in [0.05, 0.1) is 16.6 Å². The first-order valence-electron chi connectivity index (χ1n) is 5.70. The summed E-state index contributed by atoms with van der Waals surface area (Å²) in [5.41, 5.74) is -0.462. The lowest BCUT2D eigenvalue weighted by Gasteiger charge is -2.08. The van der Waals surface area contributed by atoms with Gasteiger partial charge in [-0.15, -0.1) is 0 Å². The lowest BCUT2D eigenvalue weighted by molar-refractivity contribution is -0.388. The summed E-state index contributed by atoms with van der Waals surface area (Å²) in [5, 5.41) is 19.9. The summed E-state index contributed by atoms with van der Waals surface area (Å²) in [6, 6.07) is 1.03. The minimum atomic E-state index is -1.23. The summed E-state index contributed by atoms with van der Waals surface area (Å²) in [4.78, 5) is 24.9. The molecule has 1 saturated heterocycles. The van der Waals surface area contributed by atoms with E-state index in [2.05, 4.69) is 4.98 Å². The van der Waals surface area contributed by atoms with Crippen LogP contribution in [0.3, 0.4) is 0 Å². The molecule has 1 unspecified atom stereocenters. The molecule has 0 aromatic carbocycles. The Balaban J connectivity index is 2.14. The van der Waals surface area contributed by atoms with Crippen LogP contribution in [0, 0.1) is 10.1 Å². The zero-order valence-electron chi connectivity index (χ0n) is 9.94. The molecule has 7 nitrogen and oxygen atoms in total. The SMILES string of the molecule is O=C(O)c1cnc(SCC2CCCO2)c([N+](=O)[O-])c1. The Morgan fingerprint density at radius 2 is 2.47 bits per heavy atom. The molecule has 19 heavy (non-hydrogen) atoms. The molecule has 1 aromatic rings. The maximum atomic E-state index is 10.9. The molecule has 2 heterocycles. The fourth-order valence-corrected chi connectivity index (χ4v) is 2.76. The predicted octanol–water partition coefficient (Wildman–Crippen LogP) is 1.96. The number of carboxylic acid groups (broad SMARTS) is 1. The zero-order chi connectivity index (χ0) is 13.8. The normalized spacial score (nSPS) is 18.4. The third-order valence-corrected chi connectivity index (χ3v) is 3.83. The van der Waals surface area contributed by atoms with Crippen molar-refractivity contribution in [2.24, 2.45) is 0 Å². The van der Waals surface area contributed by atoms with Crippen molar-refractivity contribution in [3.05, 3.63) is 27.9 Å². The van der Waals surface area contributed by atoms with Gasteiger partial charge in [0.15, 0.2) is 5.03 Å². The number of thioether (sulfide) groups is 1. The van der Waals surface area contributed by atoms with Gasteiger partial charge in [-0.2, -0.15) is 0 Å². The molecule has 1 aromatic heterocycles. The second-order valence-corrected chi connectivity index (χ2v) is 5.07. The Morgan fingerprint density at radius 1 is 1.68 bits per heavy atom. The first kappa shape index (κ1) is 13.8. The fraction of sp³-hybridized carbons (Fsp3) is 0.455. The third kappa shape index (κ3) is 3.42. The van der Waals surface area contributed by atoms with Gasteiger partial charge in [0.1, 0.15) is 0 Å². The number of ether oxygens (including phenoxy) is 1. The van der Waals surface area contributed by atoms with Crippen molar-refractivity contribution in [3.8, 4) is 0 Å². The highest BCUT2D eigenvalue weighted by atomic mass is 32.2. The van der Waals surface area contributed by atoms with E-state index in [0.717, 1.165) is 31.7 Å². The van der Waals surface area contributed by atoms with Gasteiger partial charge >= 0.3 is 11.7 Å². The maximum Gasteiger partial charge on any atom is 0.337 e. The largest absolute Gasteiger partial charge is 0.478 e. The van der Waals surface area contributed by atoms with E-state index in [4.69, 9.17) is 9.84 Å². The van der Waals surface area contributed by atoms with Crippen LogP contribution in [-0.4, -0.2) is 39.4 Å². The standard InChI is InChI=1S/C11H12N2O5S/c14-11(15)7-4-9(13(16)17)10(12-5-7)19-6-8-2-1-3-18-8/h4-5,8H,1-3,6H2,(H,14,15). The second-order valence-electron chi connectivity index (χ2n) is 4.06. The van der Waals surface area contributed by atoms with E-state index in [1.807, 2.05) is 0 Å². The van der Waals surface area contributed by atoms with Crippen LogP contribution < -0.4 is 0 Å². The highest BCUT2D eigenvalue weighted by Gasteiger charge is 2.22. The van der Waals surface area contributed by atoms with E-state index in [1.165, 1.54) is 11.8 Å². The molecule has 2 rings (SSSR count). The van der Waals surface area contributed by atoms with E-state index < -0.39 is 10.9 Å². The van der Waals surface area contributed by atoms with Crippen LogP contribution in [0.4, 0.5) is 5.69 Å². The average molecular weight is 284 g/mol. The van der Waals surface area contributed by atoms with E-state index in [9.17, 15) is 14.9 Å². The Hall–Kier alpha value is -1.67. The molecule has 1 atom stereocenters. The molecular weight excluding hydrogens is 272 g/mol. The molecule has 1 aliphatic heterocycles. The van der Waals surface area contributed by atoms with Gasteiger partial charge in [0.2, 0.25) is 0 Å². The highest BCUT2D eigenvalue weighted by Crippen LogP contribution is 2.30. The molecule has 8 heteroatoms. The molecule has 1 N–H and O–H groups in total. The smallest absolute Gasteiger partial charge is 0.337 e. The molecule has 102 valence electrons. The predicted molar refractivity (Wildman–Crippen MR) is 67.5 cm³/mol. The molecule has 0 amide bonds. The average Bonchev–Trinajstić information content (AvgIpc) is 2.89. The molecule has 1 aliphatic rings. The van der Waals surface area contributed by atoms with Crippen LogP contribution in [-0.2, 0) is 4.74 Å². The van der Waals surface area contributed by atoms with Crippen LogP contribution in [0.25, 0.3) is 0 Å². The summed E-state index contributed by atoms with van der Waals surface area (Å²) in [7, 11) is 0. The van der Waals surface area contributed by atoms with Gasteiger partial charge < -0.3 is 9.84 Å². The van der Waals surface area contributed by atoms with Gasteiger partial charge in [-0.25, -0.2) is 9.78 Å². The summed E-state index contributed by atoms with van der Waals surface area (Å²) in [5.74, 6) is -0.647. The summed E-state index contributed by atoms with van der Waals surface area (Å²) < 4.78 is 5.42. The third-order valence-electron chi connectivity index (χ3n) is 2.71. The van der Waals surface area contributed by atoms with Crippen molar-refractivity contribution in [1.29, 1.82) is 0 Å². The zero-order valence-corrected chi connectivity index (χ0v) is 10.8. The number of carboxylic acids is 1. The lowest BCUT2D eigenvalue weighted by atomic mass is 10.3. The van der Waals surface area contributed by atoms with E-state index >= 15 is 0 Å². The minimum absolute atomic E-state index is 0.0885. The number of pyridine rings is 1. The number of rotatable bonds is 5. The van der Waals surface area contributed by atoms with Crippen molar-refractivity contribution >= 4 is 23.4 Å². The molecule has 1 fully saturated rings. The Kier molecular flexibility index (Phi) is 4.33. The van der Waals surface area contributed by atoms with Gasteiger partial charge in [-0.05, 0) is 12.8 Å². The van der Waals surface area contributed by atoms with E-state index in [0.29, 0.717) is 5.75 Å². The Labute approximate surface area is 113 Å². The summed E-state index contributed by atoms with van der Waals surface area (Å²) >= 11 is 1.22. The van der Waals surface area contributed by atoms with Gasteiger partial charge in [-0.3, -0.25) is 10.1 Å².